The fraction of sp³-hybridized carbons (Fsp3) is 0.320. The highest BCUT2D eigenvalue weighted by Crippen LogP contribution is 2.39. The summed E-state index contributed by atoms with van der Waals surface area (Å²) in [5, 5.41) is 0. The van der Waals surface area contributed by atoms with Crippen molar-refractivity contribution in [3.05, 3.63) is 70.8 Å². The zero-order chi connectivity index (χ0) is 21.4. The first-order valence-electron chi connectivity index (χ1n) is 10.2. The average Bonchev–Trinajstić information content (AvgIpc) is 2.98. The van der Waals surface area contributed by atoms with E-state index in [4.69, 9.17) is 4.74 Å². The Morgan fingerprint density at radius 1 is 0.967 bits per heavy atom. The lowest BCUT2D eigenvalue weighted by Gasteiger charge is -2.18. The fourth-order valence-corrected chi connectivity index (χ4v) is 4.13. The summed E-state index contributed by atoms with van der Waals surface area (Å²) in [7, 11) is 0. The maximum atomic E-state index is 12.8. The van der Waals surface area contributed by atoms with Gasteiger partial charge in [0.25, 0.3) is 0 Å². The monoisotopic (exact) mass is 403 g/mol. The Morgan fingerprint density at radius 2 is 1.67 bits per heavy atom. The number of fused-ring (bicyclic) bond motifs is 1. The van der Waals surface area contributed by atoms with E-state index >= 15 is 0 Å². The van der Waals surface area contributed by atoms with E-state index in [-0.39, 0.29) is 36.0 Å². The summed E-state index contributed by atoms with van der Waals surface area (Å²) >= 11 is 0. The van der Waals surface area contributed by atoms with Crippen LogP contribution in [0, 0.1) is 25.7 Å². The number of anilines is 1. The minimum absolute atomic E-state index is 0.0709. The first-order valence-corrected chi connectivity index (χ1v) is 10.2. The number of allylic oxidation sites excluding steroid dienone is 2. The van der Waals surface area contributed by atoms with E-state index in [1.165, 1.54) is 4.90 Å². The normalized spacial score (nSPS) is 20.8. The van der Waals surface area contributed by atoms with Crippen LogP contribution in [0.3, 0.4) is 0 Å². The van der Waals surface area contributed by atoms with Crippen molar-refractivity contribution in [2.45, 2.75) is 33.6 Å². The van der Waals surface area contributed by atoms with Crippen molar-refractivity contribution in [2.75, 3.05) is 11.5 Å². The Kier molecular flexibility index (Phi) is 5.29. The highest BCUT2D eigenvalue weighted by molar-refractivity contribution is 6.22. The van der Waals surface area contributed by atoms with Crippen LogP contribution in [0.4, 0.5) is 5.69 Å². The zero-order valence-electron chi connectivity index (χ0n) is 17.5. The van der Waals surface area contributed by atoms with E-state index in [9.17, 15) is 14.4 Å². The molecule has 5 nitrogen and oxygen atoms in total. The predicted octanol–water partition coefficient (Wildman–Crippen LogP) is 4.41. The third-order valence-corrected chi connectivity index (χ3v) is 6.12. The van der Waals surface area contributed by atoms with Gasteiger partial charge in [-0.3, -0.25) is 19.3 Å². The number of carbonyl (C=O) groups excluding carboxylic acids is 3. The van der Waals surface area contributed by atoms with Gasteiger partial charge >= 0.3 is 0 Å². The molecule has 2 aliphatic rings. The Balaban J connectivity index is 1.42. The maximum Gasteiger partial charge on any atom is 0.238 e. The summed E-state index contributed by atoms with van der Waals surface area (Å²) < 4.78 is 5.63. The quantitative estimate of drug-likeness (QED) is 0.421. The molecule has 30 heavy (non-hydrogen) atoms. The highest BCUT2D eigenvalue weighted by Gasteiger charge is 2.48. The molecule has 2 amide bonds. The molecule has 2 atom stereocenters. The number of aryl methyl sites for hydroxylation is 2. The molecule has 0 aromatic heterocycles. The smallest absolute Gasteiger partial charge is 0.238 e. The highest BCUT2D eigenvalue weighted by atomic mass is 16.5. The van der Waals surface area contributed by atoms with Gasteiger partial charge in [-0.1, -0.05) is 23.8 Å². The SMILES string of the molecule is CC1=CC[C@H]2C(=O)N(c3ccc(OCC(=O)c4ccc(C)c(C)c4)cc3)C(=O)[C@@H]2C1. The standard InChI is InChI=1S/C25H25NO4/c1-15-4-11-21-22(12-15)25(29)26(24(21)28)19-7-9-20(10-8-19)30-14-23(27)18-6-5-16(2)17(3)13-18/h4-10,13,21-22H,11-12,14H2,1-3H3/t21-,22-/m1/s1. The number of benzene rings is 2. The molecule has 0 radical (unpaired) electrons. The molecule has 1 heterocycles. The summed E-state index contributed by atoms with van der Waals surface area (Å²) in [4.78, 5) is 39.3. The Labute approximate surface area is 176 Å². The molecule has 1 aliphatic heterocycles. The summed E-state index contributed by atoms with van der Waals surface area (Å²) in [6.45, 7) is 5.91. The number of ketones is 1. The molecule has 154 valence electrons. The van der Waals surface area contributed by atoms with E-state index in [0.717, 1.165) is 16.7 Å². The second-order valence-corrected chi connectivity index (χ2v) is 8.22. The van der Waals surface area contributed by atoms with Gasteiger partial charge in [-0.25, -0.2) is 0 Å². The van der Waals surface area contributed by atoms with Crippen molar-refractivity contribution >= 4 is 23.3 Å². The van der Waals surface area contributed by atoms with Crippen LogP contribution in [0.1, 0.15) is 41.3 Å². The number of imide groups is 1. The van der Waals surface area contributed by atoms with Gasteiger partial charge in [0.05, 0.1) is 17.5 Å². The number of hydrogen-bond donors (Lipinski definition) is 0. The summed E-state index contributed by atoms with van der Waals surface area (Å²) in [6, 6.07) is 12.4. The number of Topliss-reactive ketones (excluding diaryl/α,β-unsaturated/α-hetero) is 1. The lowest BCUT2D eigenvalue weighted by Crippen LogP contribution is -2.30. The molecule has 0 bridgehead atoms. The van der Waals surface area contributed by atoms with Crippen molar-refractivity contribution < 1.29 is 19.1 Å². The molecule has 0 spiro atoms. The molecule has 1 saturated heterocycles. The molecule has 2 aromatic carbocycles. The second kappa shape index (κ2) is 7.90. The van der Waals surface area contributed by atoms with Crippen LogP contribution >= 0.6 is 0 Å². The van der Waals surface area contributed by atoms with Gasteiger partial charge in [-0.2, -0.15) is 0 Å². The second-order valence-electron chi connectivity index (χ2n) is 8.22. The first-order chi connectivity index (χ1) is 14.3. The molecular weight excluding hydrogens is 378 g/mol. The van der Waals surface area contributed by atoms with Gasteiger partial charge in [0, 0.05) is 5.56 Å². The molecule has 2 aromatic rings. The molecule has 1 fully saturated rings. The number of nitrogens with zero attached hydrogens (tertiary/aromatic N) is 1. The van der Waals surface area contributed by atoms with Gasteiger partial charge < -0.3 is 4.74 Å². The van der Waals surface area contributed by atoms with Gasteiger partial charge in [0.1, 0.15) is 5.75 Å². The van der Waals surface area contributed by atoms with Crippen LogP contribution in [0.15, 0.2) is 54.1 Å². The fourth-order valence-electron chi connectivity index (χ4n) is 4.13. The number of hydrogen-bond acceptors (Lipinski definition) is 4. The van der Waals surface area contributed by atoms with E-state index in [2.05, 4.69) is 6.08 Å². The first kappa shape index (κ1) is 20.1. The van der Waals surface area contributed by atoms with Gasteiger partial charge in [-0.05, 0) is 75.1 Å². The van der Waals surface area contributed by atoms with Crippen molar-refractivity contribution in [1.29, 1.82) is 0 Å². The molecule has 4 rings (SSSR count). The molecule has 1 aliphatic carbocycles. The minimum Gasteiger partial charge on any atom is -0.485 e. The van der Waals surface area contributed by atoms with Crippen molar-refractivity contribution in [1.82, 2.24) is 0 Å². The topological polar surface area (TPSA) is 63.7 Å². The van der Waals surface area contributed by atoms with Crippen LogP contribution in [0.5, 0.6) is 5.75 Å². The molecule has 0 unspecified atom stereocenters. The third kappa shape index (κ3) is 3.67. The van der Waals surface area contributed by atoms with Crippen LogP contribution in [-0.2, 0) is 9.59 Å². The van der Waals surface area contributed by atoms with Crippen LogP contribution in [0.2, 0.25) is 0 Å². The van der Waals surface area contributed by atoms with Crippen LogP contribution in [-0.4, -0.2) is 24.2 Å². The average molecular weight is 403 g/mol. The van der Waals surface area contributed by atoms with Gasteiger partial charge in [-0.15, -0.1) is 0 Å². The molecule has 5 heteroatoms. The number of amides is 2. The van der Waals surface area contributed by atoms with E-state index in [1.54, 1.807) is 30.3 Å². The largest absolute Gasteiger partial charge is 0.485 e. The summed E-state index contributed by atoms with van der Waals surface area (Å²) in [6.07, 6.45) is 3.33. The Bertz CT molecular complexity index is 1050. The van der Waals surface area contributed by atoms with Gasteiger partial charge in [0.15, 0.2) is 12.4 Å². The minimum atomic E-state index is -0.257. The van der Waals surface area contributed by atoms with E-state index in [0.29, 0.717) is 29.8 Å². The Hall–Kier alpha value is -3.21. The van der Waals surface area contributed by atoms with Crippen molar-refractivity contribution in [2.24, 2.45) is 11.8 Å². The van der Waals surface area contributed by atoms with Crippen molar-refractivity contribution in [3.63, 3.8) is 0 Å². The van der Waals surface area contributed by atoms with Crippen LogP contribution in [0.25, 0.3) is 0 Å². The van der Waals surface area contributed by atoms with Crippen molar-refractivity contribution in [3.8, 4) is 5.75 Å². The molecular formula is C25H25NO4. The molecule has 0 N–H and O–H groups in total. The Morgan fingerprint density at radius 3 is 2.37 bits per heavy atom. The van der Waals surface area contributed by atoms with E-state index < -0.39 is 0 Å². The maximum absolute atomic E-state index is 12.8. The predicted molar refractivity (Wildman–Crippen MR) is 115 cm³/mol. The third-order valence-electron chi connectivity index (χ3n) is 6.12. The number of carbonyl (C=O) groups is 3. The number of rotatable bonds is 5. The lowest BCUT2D eigenvalue weighted by molar-refractivity contribution is -0.122. The van der Waals surface area contributed by atoms with Crippen LogP contribution < -0.4 is 9.64 Å². The van der Waals surface area contributed by atoms with E-state index in [1.807, 2.05) is 32.9 Å². The molecule has 0 saturated carbocycles. The number of ether oxygens (including phenoxy) is 1. The summed E-state index contributed by atoms with van der Waals surface area (Å²) in [5.41, 5.74) is 4.53. The summed E-state index contributed by atoms with van der Waals surface area (Å²) in [5.74, 6) is -0.353. The zero-order valence-corrected chi connectivity index (χ0v) is 17.5. The lowest BCUT2D eigenvalue weighted by atomic mass is 9.82. The van der Waals surface area contributed by atoms with Gasteiger partial charge in [0.2, 0.25) is 11.8 Å².